The Morgan fingerprint density at radius 3 is 2.90 bits per heavy atom. The van der Waals surface area contributed by atoms with Crippen LogP contribution >= 0.6 is 0 Å². The van der Waals surface area contributed by atoms with Crippen molar-refractivity contribution in [3.63, 3.8) is 0 Å². The molecule has 0 saturated carbocycles. The van der Waals surface area contributed by atoms with E-state index in [1.54, 1.807) is 26.0 Å². The highest BCUT2D eigenvalue weighted by Crippen LogP contribution is 2.23. The van der Waals surface area contributed by atoms with Crippen molar-refractivity contribution in [1.29, 1.82) is 0 Å². The molecule has 0 fully saturated rings. The van der Waals surface area contributed by atoms with Crippen LogP contribution in [0.25, 0.3) is 0 Å². The smallest absolute Gasteiger partial charge is 0.287 e. The Hall–Kier alpha value is -2.41. The summed E-state index contributed by atoms with van der Waals surface area (Å²) >= 11 is 0. The lowest BCUT2D eigenvalue weighted by molar-refractivity contribution is -0.385. The van der Waals surface area contributed by atoms with Gasteiger partial charge in [0.25, 0.3) is 5.69 Å². The van der Waals surface area contributed by atoms with Gasteiger partial charge in [-0.2, -0.15) is 0 Å². The Morgan fingerprint density at radius 2 is 2.35 bits per heavy atom. The molecule has 0 spiro atoms. The first kappa shape index (κ1) is 14.0. The van der Waals surface area contributed by atoms with Gasteiger partial charge in [0.1, 0.15) is 23.4 Å². The third-order valence-corrected chi connectivity index (χ3v) is 2.93. The van der Waals surface area contributed by atoms with Crippen LogP contribution in [-0.4, -0.2) is 21.6 Å². The van der Waals surface area contributed by atoms with Crippen LogP contribution in [0.1, 0.15) is 18.2 Å². The topological polar surface area (TPSA) is 101 Å². The fourth-order valence-corrected chi connectivity index (χ4v) is 1.77. The van der Waals surface area contributed by atoms with Crippen molar-refractivity contribution in [2.24, 2.45) is 0 Å². The molecule has 0 aromatic carbocycles. The van der Waals surface area contributed by atoms with Crippen molar-refractivity contribution in [3.8, 4) is 0 Å². The number of pyridine rings is 1. The molecule has 7 nitrogen and oxygen atoms in total. The summed E-state index contributed by atoms with van der Waals surface area (Å²) < 4.78 is 5.17. The molecule has 0 radical (unpaired) electrons. The highest BCUT2D eigenvalue weighted by Gasteiger charge is 2.26. The van der Waals surface area contributed by atoms with Gasteiger partial charge in [-0.15, -0.1) is 0 Å². The molecule has 0 aliphatic rings. The maximum absolute atomic E-state index is 10.6. The SMILES string of the molecule is Cc1cc([N+](=O)[O-])cnc1NCC(C)(O)c1ccco1. The molecule has 2 rings (SSSR count). The van der Waals surface area contributed by atoms with Gasteiger partial charge in [0.2, 0.25) is 0 Å². The van der Waals surface area contributed by atoms with E-state index in [0.29, 0.717) is 17.1 Å². The fourth-order valence-electron chi connectivity index (χ4n) is 1.77. The van der Waals surface area contributed by atoms with Crippen molar-refractivity contribution in [1.82, 2.24) is 4.98 Å². The van der Waals surface area contributed by atoms with Crippen LogP contribution in [0.2, 0.25) is 0 Å². The lowest BCUT2D eigenvalue weighted by atomic mass is 10.0. The van der Waals surface area contributed by atoms with Crippen molar-refractivity contribution in [2.75, 3.05) is 11.9 Å². The number of aliphatic hydroxyl groups is 1. The Morgan fingerprint density at radius 1 is 1.60 bits per heavy atom. The minimum atomic E-state index is -1.20. The lowest BCUT2D eigenvalue weighted by Crippen LogP contribution is -2.30. The number of furan rings is 1. The number of nitro groups is 1. The summed E-state index contributed by atoms with van der Waals surface area (Å²) in [7, 11) is 0. The number of nitrogens with zero attached hydrogens (tertiary/aromatic N) is 2. The molecular formula is C13H15N3O4. The molecule has 0 aliphatic heterocycles. The van der Waals surface area contributed by atoms with E-state index in [2.05, 4.69) is 10.3 Å². The summed E-state index contributed by atoms with van der Waals surface area (Å²) in [5.74, 6) is 0.923. The van der Waals surface area contributed by atoms with Crippen molar-refractivity contribution >= 4 is 11.5 Å². The largest absolute Gasteiger partial charge is 0.466 e. The van der Waals surface area contributed by atoms with Crippen LogP contribution in [0.5, 0.6) is 0 Å². The van der Waals surface area contributed by atoms with Gasteiger partial charge >= 0.3 is 0 Å². The molecule has 20 heavy (non-hydrogen) atoms. The van der Waals surface area contributed by atoms with Crippen LogP contribution in [0, 0.1) is 17.0 Å². The second-order valence-electron chi connectivity index (χ2n) is 4.72. The number of aromatic nitrogens is 1. The summed E-state index contributed by atoms with van der Waals surface area (Å²) in [6.45, 7) is 3.50. The van der Waals surface area contributed by atoms with Gasteiger partial charge < -0.3 is 14.8 Å². The molecule has 106 valence electrons. The Balaban J connectivity index is 2.10. The Bertz CT molecular complexity index is 608. The fraction of sp³-hybridized carbons (Fsp3) is 0.308. The van der Waals surface area contributed by atoms with Gasteiger partial charge in [-0.1, -0.05) is 0 Å². The molecule has 2 aromatic heterocycles. The molecule has 0 aliphatic carbocycles. The van der Waals surface area contributed by atoms with E-state index < -0.39 is 10.5 Å². The number of anilines is 1. The molecule has 2 heterocycles. The summed E-state index contributed by atoms with van der Waals surface area (Å²) in [6.07, 6.45) is 2.66. The normalized spacial score (nSPS) is 13.8. The average molecular weight is 277 g/mol. The first-order chi connectivity index (χ1) is 9.40. The maximum Gasteiger partial charge on any atom is 0.287 e. The highest BCUT2D eigenvalue weighted by molar-refractivity contribution is 5.48. The van der Waals surface area contributed by atoms with Gasteiger partial charge in [-0.05, 0) is 31.5 Å². The standard InChI is InChI=1S/C13H15N3O4/c1-9-6-10(16(18)19)7-14-12(9)15-8-13(2,17)11-4-3-5-20-11/h3-7,17H,8H2,1-2H3,(H,14,15). The second-order valence-corrected chi connectivity index (χ2v) is 4.72. The van der Waals surface area contributed by atoms with E-state index in [1.165, 1.54) is 18.5 Å². The van der Waals surface area contributed by atoms with E-state index in [1.807, 2.05) is 0 Å². The van der Waals surface area contributed by atoms with Crippen LogP contribution in [0.4, 0.5) is 11.5 Å². The number of hydrogen-bond acceptors (Lipinski definition) is 6. The number of hydrogen-bond donors (Lipinski definition) is 2. The predicted octanol–water partition coefficient (Wildman–Crippen LogP) is 2.21. The molecule has 0 bridgehead atoms. The zero-order chi connectivity index (χ0) is 14.8. The molecular weight excluding hydrogens is 262 g/mol. The first-order valence-electron chi connectivity index (χ1n) is 6.01. The average Bonchev–Trinajstić information content (AvgIpc) is 2.91. The Kier molecular flexibility index (Phi) is 3.71. The lowest BCUT2D eigenvalue weighted by Gasteiger charge is -2.21. The van der Waals surface area contributed by atoms with Crippen molar-refractivity contribution in [3.05, 3.63) is 52.1 Å². The highest BCUT2D eigenvalue weighted by atomic mass is 16.6. The minimum Gasteiger partial charge on any atom is -0.466 e. The number of rotatable bonds is 5. The van der Waals surface area contributed by atoms with Gasteiger partial charge in [0.15, 0.2) is 0 Å². The molecule has 0 saturated heterocycles. The minimum absolute atomic E-state index is 0.0640. The van der Waals surface area contributed by atoms with Gasteiger partial charge in [0.05, 0.1) is 17.7 Å². The van der Waals surface area contributed by atoms with Crippen LogP contribution in [-0.2, 0) is 5.60 Å². The third kappa shape index (κ3) is 2.94. The predicted molar refractivity (Wildman–Crippen MR) is 72.4 cm³/mol. The summed E-state index contributed by atoms with van der Waals surface area (Å²) in [6, 6.07) is 4.80. The molecule has 2 N–H and O–H groups in total. The van der Waals surface area contributed by atoms with Crippen LogP contribution in [0.3, 0.4) is 0 Å². The van der Waals surface area contributed by atoms with E-state index in [9.17, 15) is 15.2 Å². The van der Waals surface area contributed by atoms with Crippen molar-refractivity contribution < 1.29 is 14.4 Å². The van der Waals surface area contributed by atoms with Gasteiger partial charge in [-0.3, -0.25) is 10.1 Å². The zero-order valence-electron chi connectivity index (χ0n) is 11.2. The second kappa shape index (κ2) is 5.30. The maximum atomic E-state index is 10.6. The molecule has 1 unspecified atom stereocenters. The van der Waals surface area contributed by atoms with Crippen molar-refractivity contribution in [2.45, 2.75) is 19.4 Å². The summed E-state index contributed by atoms with van der Waals surface area (Å²) in [4.78, 5) is 14.1. The number of nitrogens with one attached hydrogen (secondary N) is 1. The van der Waals surface area contributed by atoms with Crippen LogP contribution < -0.4 is 5.32 Å². The summed E-state index contributed by atoms with van der Waals surface area (Å²) in [5.41, 5.74) is -0.625. The molecule has 2 aromatic rings. The monoisotopic (exact) mass is 277 g/mol. The van der Waals surface area contributed by atoms with Crippen LogP contribution in [0.15, 0.2) is 35.1 Å². The van der Waals surface area contributed by atoms with E-state index in [-0.39, 0.29) is 12.2 Å². The molecule has 1 atom stereocenters. The quantitative estimate of drug-likeness (QED) is 0.641. The Labute approximate surface area is 115 Å². The van der Waals surface area contributed by atoms with E-state index >= 15 is 0 Å². The zero-order valence-corrected chi connectivity index (χ0v) is 11.2. The first-order valence-corrected chi connectivity index (χ1v) is 6.01. The molecule has 7 heteroatoms. The van der Waals surface area contributed by atoms with Gasteiger partial charge in [0, 0.05) is 6.07 Å². The van der Waals surface area contributed by atoms with E-state index in [0.717, 1.165) is 0 Å². The summed E-state index contributed by atoms with van der Waals surface area (Å²) in [5, 5.41) is 23.9. The molecule has 0 amide bonds. The number of aryl methyl sites for hydroxylation is 1. The van der Waals surface area contributed by atoms with E-state index in [4.69, 9.17) is 4.42 Å². The third-order valence-electron chi connectivity index (χ3n) is 2.93. The van der Waals surface area contributed by atoms with Gasteiger partial charge in [-0.25, -0.2) is 4.98 Å².